The first-order chi connectivity index (χ1) is 8.85. The predicted octanol–water partition coefficient (Wildman–Crippen LogP) is 4.47. The standard InChI is InChI=1S/C15H16NS2/c1-3-16-14-12-8-6-5-7-11(12)9-10-13(14)18-15(16)17-4-2/h5-10H,3-4H2,1-2H3/q+1. The summed E-state index contributed by atoms with van der Waals surface area (Å²) in [6.07, 6.45) is 0. The normalized spacial score (nSPS) is 11.4. The zero-order valence-corrected chi connectivity index (χ0v) is 12.3. The van der Waals surface area contributed by atoms with Crippen LogP contribution in [0, 0.1) is 0 Å². The zero-order chi connectivity index (χ0) is 12.5. The average molecular weight is 274 g/mol. The highest BCUT2D eigenvalue weighted by atomic mass is 32.2. The molecular weight excluding hydrogens is 258 g/mol. The zero-order valence-electron chi connectivity index (χ0n) is 10.6. The van der Waals surface area contributed by atoms with E-state index in [0.29, 0.717) is 0 Å². The molecule has 2 aromatic carbocycles. The minimum atomic E-state index is 1.04. The maximum atomic E-state index is 2.45. The number of fused-ring (bicyclic) bond motifs is 3. The fourth-order valence-electron chi connectivity index (χ4n) is 2.35. The highest BCUT2D eigenvalue weighted by molar-refractivity contribution is 8.00. The van der Waals surface area contributed by atoms with Crippen LogP contribution in [0.25, 0.3) is 21.0 Å². The molecule has 0 saturated heterocycles. The Labute approximate surface area is 115 Å². The highest BCUT2D eigenvalue weighted by Crippen LogP contribution is 2.32. The average Bonchev–Trinajstić information content (AvgIpc) is 2.77. The fraction of sp³-hybridized carbons (Fsp3) is 0.267. The van der Waals surface area contributed by atoms with E-state index in [9.17, 15) is 0 Å². The van der Waals surface area contributed by atoms with Crippen LogP contribution in [0.3, 0.4) is 0 Å². The lowest BCUT2D eigenvalue weighted by Crippen LogP contribution is -2.32. The van der Waals surface area contributed by atoms with E-state index in [1.807, 2.05) is 23.1 Å². The predicted molar refractivity (Wildman–Crippen MR) is 81.6 cm³/mol. The van der Waals surface area contributed by atoms with E-state index < -0.39 is 0 Å². The van der Waals surface area contributed by atoms with E-state index in [2.05, 4.69) is 54.8 Å². The Morgan fingerprint density at radius 1 is 1.11 bits per heavy atom. The molecule has 92 valence electrons. The van der Waals surface area contributed by atoms with Crippen LogP contribution in [0.4, 0.5) is 0 Å². The van der Waals surface area contributed by atoms with E-state index in [0.717, 1.165) is 12.3 Å². The Kier molecular flexibility index (Phi) is 3.27. The summed E-state index contributed by atoms with van der Waals surface area (Å²) in [5, 5.41) is 2.70. The number of thiazole rings is 1. The molecular formula is C15H16NS2+. The minimum Gasteiger partial charge on any atom is -0.176 e. The Hall–Kier alpha value is -1.06. The van der Waals surface area contributed by atoms with Crippen LogP contribution in [0.5, 0.6) is 0 Å². The summed E-state index contributed by atoms with van der Waals surface area (Å²) < 4.78 is 5.27. The van der Waals surface area contributed by atoms with Gasteiger partial charge in [0.05, 0.1) is 5.39 Å². The number of thioether (sulfide) groups is 1. The van der Waals surface area contributed by atoms with Crippen molar-refractivity contribution < 1.29 is 4.57 Å². The molecule has 0 amide bonds. The van der Waals surface area contributed by atoms with Crippen molar-refractivity contribution in [2.75, 3.05) is 5.75 Å². The molecule has 0 radical (unpaired) electrons. The van der Waals surface area contributed by atoms with Gasteiger partial charge in [-0.05, 0) is 36.2 Å². The summed E-state index contributed by atoms with van der Waals surface area (Å²) in [4.78, 5) is 0. The van der Waals surface area contributed by atoms with E-state index in [1.165, 1.54) is 25.3 Å². The molecule has 3 heteroatoms. The Bertz CT molecular complexity index is 700. The van der Waals surface area contributed by atoms with E-state index in [-0.39, 0.29) is 0 Å². The van der Waals surface area contributed by atoms with Gasteiger partial charge in [-0.15, -0.1) is 0 Å². The first kappa shape index (κ1) is 12.0. The summed E-state index contributed by atoms with van der Waals surface area (Å²) in [6, 6.07) is 13.2. The van der Waals surface area contributed by atoms with Crippen molar-refractivity contribution in [1.82, 2.24) is 0 Å². The third-order valence-corrected chi connectivity index (χ3v) is 5.44. The monoisotopic (exact) mass is 274 g/mol. The van der Waals surface area contributed by atoms with Gasteiger partial charge < -0.3 is 0 Å². The maximum absolute atomic E-state index is 2.45. The van der Waals surface area contributed by atoms with Crippen molar-refractivity contribution in [3.8, 4) is 0 Å². The molecule has 0 unspecified atom stereocenters. The third-order valence-electron chi connectivity index (χ3n) is 3.14. The molecule has 0 aliphatic heterocycles. The third kappa shape index (κ3) is 1.82. The maximum Gasteiger partial charge on any atom is 0.298 e. The largest absolute Gasteiger partial charge is 0.298 e. The molecule has 0 spiro atoms. The molecule has 0 bridgehead atoms. The number of nitrogens with zero attached hydrogens (tertiary/aromatic N) is 1. The van der Waals surface area contributed by atoms with E-state index in [4.69, 9.17) is 0 Å². The molecule has 1 nitrogen and oxygen atoms in total. The lowest BCUT2D eigenvalue weighted by atomic mass is 10.1. The molecule has 0 atom stereocenters. The quantitative estimate of drug-likeness (QED) is 0.503. The molecule has 0 aliphatic carbocycles. The Morgan fingerprint density at radius 3 is 2.72 bits per heavy atom. The summed E-state index contributed by atoms with van der Waals surface area (Å²) in [6.45, 7) is 5.48. The van der Waals surface area contributed by atoms with Crippen LogP contribution in [0.15, 0.2) is 40.7 Å². The first-order valence-corrected chi connectivity index (χ1v) is 8.12. The first-order valence-electron chi connectivity index (χ1n) is 6.32. The number of rotatable bonds is 3. The van der Waals surface area contributed by atoms with Crippen molar-refractivity contribution in [2.24, 2.45) is 0 Å². The van der Waals surface area contributed by atoms with Crippen LogP contribution >= 0.6 is 23.1 Å². The smallest absolute Gasteiger partial charge is 0.176 e. The van der Waals surface area contributed by atoms with Crippen molar-refractivity contribution >= 4 is 44.1 Å². The van der Waals surface area contributed by atoms with E-state index in [1.54, 1.807) is 0 Å². The highest BCUT2D eigenvalue weighted by Gasteiger charge is 2.21. The molecule has 0 saturated carbocycles. The Balaban J connectivity index is 2.41. The van der Waals surface area contributed by atoms with E-state index >= 15 is 0 Å². The van der Waals surface area contributed by atoms with Gasteiger partial charge in [-0.25, -0.2) is 0 Å². The fourth-order valence-corrected chi connectivity index (χ4v) is 4.81. The number of hydrogen-bond acceptors (Lipinski definition) is 2. The number of aryl methyl sites for hydroxylation is 1. The molecule has 0 aliphatic rings. The van der Waals surface area contributed by atoms with Crippen molar-refractivity contribution in [2.45, 2.75) is 24.7 Å². The number of benzene rings is 2. The molecule has 3 rings (SSSR count). The van der Waals surface area contributed by atoms with Crippen LogP contribution in [-0.4, -0.2) is 5.75 Å². The molecule has 18 heavy (non-hydrogen) atoms. The molecule has 1 heterocycles. The van der Waals surface area contributed by atoms with Crippen molar-refractivity contribution in [3.63, 3.8) is 0 Å². The summed E-state index contributed by atoms with van der Waals surface area (Å²) >= 11 is 3.86. The second-order valence-corrected chi connectivity index (χ2v) is 6.72. The number of hydrogen-bond donors (Lipinski definition) is 0. The van der Waals surface area contributed by atoms with Gasteiger partial charge in [0.1, 0.15) is 11.2 Å². The molecule has 0 N–H and O–H groups in total. The van der Waals surface area contributed by atoms with Crippen molar-refractivity contribution in [3.05, 3.63) is 36.4 Å². The van der Waals surface area contributed by atoms with Crippen LogP contribution < -0.4 is 4.57 Å². The summed E-state index contributed by atoms with van der Waals surface area (Å²) in [5.74, 6) is 1.13. The van der Waals surface area contributed by atoms with Gasteiger partial charge in [-0.1, -0.05) is 42.5 Å². The van der Waals surface area contributed by atoms with Gasteiger partial charge in [0.25, 0.3) is 4.34 Å². The van der Waals surface area contributed by atoms with Crippen molar-refractivity contribution in [1.29, 1.82) is 0 Å². The Morgan fingerprint density at radius 2 is 1.94 bits per heavy atom. The van der Waals surface area contributed by atoms with Crippen LogP contribution in [0.2, 0.25) is 0 Å². The molecule has 3 aromatic rings. The van der Waals surface area contributed by atoms with Crippen LogP contribution in [-0.2, 0) is 6.54 Å². The minimum absolute atomic E-state index is 1.04. The summed E-state index contributed by atoms with van der Waals surface area (Å²) in [7, 11) is 0. The number of aromatic nitrogens is 1. The summed E-state index contributed by atoms with van der Waals surface area (Å²) in [5.41, 5.74) is 1.40. The van der Waals surface area contributed by atoms with Gasteiger partial charge in [0.15, 0.2) is 0 Å². The van der Waals surface area contributed by atoms with Gasteiger partial charge in [-0.2, -0.15) is 4.57 Å². The van der Waals surface area contributed by atoms with Gasteiger partial charge >= 0.3 is 0 Å². The molecule has 0 fully saturated rings. The lowest BCUT2D eigenvalue weighted by Gasteiger charge is -1.98. The van der Waals surface area contributed by atoms with Crippen LogP contribution in [0.1, 0.15) is 13.8 Å². The second kappa shape index (κ2) is 4.90. The SMILES string of the molecule is CCSc1sc2ccc3ccccc3c2[n+]1CC. The van der Waals surface area contributed by atoms with Gasteiger partial charge in [0, 0.05) is 5.75 Å². The second-order valence-electron chi connectivity index (χ2n) is 4.18. The van der Waals surface area contributed by atoms with Gasteiger partial charge in [-0.3, -0.25) is 0 Å². The van der Waals surface area contributed by atoms with Gasteiger partial charge in [0.2, 0.25) is 5.52 Å². The molecule has 1 aromatic heterocycles. The lowest BCUT2D eigenvalue weighted by molar-refractivity contribution is -0.697. The topological polar surface area (TPSA) is 3.88 Å².